The highest BCUT2D eigenvalue weighted by Gasteiger charge is 2.19. The van der Waals surface area contributed by atoms with Gasteiger partial charge in [-0.05, 0) is 119 Å². The minimum atomic E-state index is 1.23. The maximum Gasteiger partial charge on any atom is 0.0370 e. The van der Waals surface area contributed by atoms with E-state index < -0.39 is 0 Å². The van der Waals surface area contributed by atoms with Crippen LogP contribution in [0, 0.1) is 0 Å². The van der Waals surface area contributed by atoms with Crippen molar-refractivity contribution in [3.63, 3.8) is 0 Å². The van der Waals surface area contributed by atoms with Crippen molar-refractivity contribution in [2.24, 2.45) is 0 Å². The Kier molecular flexibility index (Phi) is 6.48. The van der Waals surface area contributed by atoms with Gasteiger partial charge in [-0.2, -0.15) is 0 Å². The number of fused-ring (bicyclic) bond motifs is 11. The van der Waals surface area contributed by atoms with Crippen LogP contribution in [-0.4, -0.2) is 0 Å². The van der Waals surface area contributed by atoms with Gasteiger partial charge in [0, 0.05) is 40.3 Å². The summed E-state index contributed by atoms with van der Waals surface area (Å²) in [5, 5.41) is 15.7. The highest BCUT2D eigenvalue weighted by Crippen LogP contribution is 2.47. The van der Waals surface area contributed by atoms with E-state index in [1.54, 1.807) is 0 Å². The molecule has 0 bridgehead atoms. The van der Waals surface area contributed by atoms with Crippen LogP contribution in [0.1, 0.15) is 0 Å². The standard InChI is InChI=1S/C52H30S2/c1-2-12-33-26-35(21-20-31(33)10-1)34-13-9-14-36(27-34)50-39-16-5-7-18-41(39)51(42-19-8-6-17-40(42)50)37-23-24-46-43(28-37)44-29-45-49(30-48(44)53-46)54-47-25-22-32-11-3-4-15-38(32)52(45)47/h1-30H. The van der Waals surface area contributed by atoms with Gasteiger partial charge in [-0.3, -0.25) is 0 Å². The predicted octanol–water partition coefficient (Wildman–Crippen LogP) is 16.0. The maximum absolute atomic E-state index is 2.47. The molecule has 250 valence electrons. The van der Waals surface area contributed by atoms with Crippen molar-refractivity contribution in [1.82, 2.24) is 0 Å². The summed E-state index contributed by atoms with van der Waals surface area (Å²) in [5.41, 5.74) is 7.53. The van der Waals surface area contributed by atoms with Gasteiger partial charge in [0.1, 0.15) is 0 Å². The number of hydrogen-bond acceptors (Lipinski definition) is 2. The van der Waals surface area contributed by atoms with Crippen molar-refractivity contribution < 1.29 is 0 Å². The van der Waals surface area contributed by atoms with E-state index >= 15 is 0 Å². The van der Waals surface area contributed by atoms with Gasteiger partial charge in [0.05, 0.1) is 0 Å². The molecule has 0 unspecified atom stereocenters. The molecular formula is C52H30S2. The monoisotopic (exact) mass is 718 g/mol. The Labute approximate surface area is 319 Å². The molecule has 2 heterocycles. The largest absolute Gasteiger partial charge is 0.135 e. The normalized spacial score (nSPS) is 12.1. The lowest BCUT2D eigenvalue weighted by Crippen LogP contribution is -1.91. The fourth-order valence-corrected chi connectivity index (χ4v) is 11.3. The van der Waals surface area contributed by atoms with Gasteiger partial charge in [0.25, 0.3) is 0 Å². The first-order valence-electron chi connectivity index (χ1n) is 18.5. The predicted molar refractivity (Wildman–Crippen MR) is 239 cm³/mol. The third kappa shape index (κ3) is 4.48. The average molecular weight is 719 g/mol. The lowest BCUT2D eigenvalue weighted by atomic mass is 9.85. The van der Waals surface area contributed by atoms with Crippen LogP contribution in [0.5, 0.6) is 0 Å². The molecule has 54 heavy (non-hydrogen) atoms. The Morgan fingerprint density at radius 3 is 1.52 bits per heavy atom. The second-order valence-electron chi connectivity index (χ2n) is 14.4. The summed E-state index contributed by atoms with van der Waals surface area (Å²) >= 11 is 3.82. The van der Waals surface area contributed by atoms with E-state index in [1.807, 2.05) is 22.7 Å². The highest BCUT2D eigenvalue weighted by atomic mass is 32.1. The van der Waals surface area contributed by atoms with Gasteiger partial charge in [0.15, 0.2) is 0 Å². The lowest BCUT2D eigenvalue weighted by molar-refractivity contribution is 1.63. The second kappa shape index (κ2) is 11.6. The molecule has 2 heteroatoms. The minimum absolute atomic E-state index is 1.23. The second-order valence-corrected chi connectivity index (χ2v) is 16.6. The molecule has 0 radical (unpaired) electrons. The van der Waals surface area contributed by atoms with Gasteiger partial charge in [-0.15, -0.1) is 22.7 Å². The zero-order valence-corrected chi connectivity index (χ0v) is 30.8. The van der Waals surface area contributed by atoms with Crippen molar-refractivity contribution in [2.75, 3.05) is 0 Å². The molecule has 0 fully saturated rings. The molecule has 0 nitrogen and oxygen atoms in total. The maximum atomic E-state index is 2.47. The topological polar surface area (TPSA) is 0 Å². The zero-order valence-electron chi connectivity index (χ0n) is 29.1. The molecule has 10 aromatic carbocycles. The first-order chi connectivity index (χ1) is 26.7. The molecule has 12 aromatic rings. The van der Waals surface area contributed by atoms with E-state index in [4.69, 9.17) is 0 Å². The smallest absolute Gasteiger partial charge is 0.0370 e. The Balaban J connectivity index is 1.08. The molecule has 0 saturated carbocycles. The Morgan fingerprint density at radius 2 is 0.759 bits per heavy atom. The minimum Gasteiger partial charge on any atom is -0.135 e. The molecule has 0 aliphatic heterocycles. The SMILES string of the molecule is c1cc(-c2ccc3ccccc3c2)cc(-c2c3ccccc3c(-c3ccc4sc5cc6sc7ccc8ccccc8c7c6cc5c4c3)c3ccccc23)c1. The van der Waals surface area contributed by atoms with E-state index in [1.165, 1.54) is 117 Å². The van der Waals surface area contributed by atoms with Crippen LogP contribution >= 0.6 is 22.7 Å². The van der Waals surface area contributed by atoms with E-state index in [0.717, 1.165) is 0 Å². The number of hydrogen-bond donors (Lipinski definition) is 0. The quantitative estimate of drug-likeness (QED) is 0.160. The summed E-state index contributed by atoms with van der Waals surface area (Å²) in [6, 6.07) is 67.9. The van der Waals surface area contributed by atoms with E-state index in [9.17, 15) is 0 Å². The zero-order chi connectivity index (χ0) is 35.3. The van der Waals surface area contributed by atoms with Gasteiger partial charge >= 0.3 is 0 Å². The number of thiophene rings is 2. The molecule has 2 aromatic heterocycles. The third-order valence-electron chi connectivity index (χ3n) is 11.4. The Bertz CT molecular complexity index is 3450. The Morgan fingerprint density at radius 1 is 0.241 bits per heavy atom. The van der Waals surface area contributed by atoms with Gasteiger partial charge in [-0.25, -0.2) is 0 Å². The highest BCUT2D eigenvalue weighted by molar-refractivity contribution is 7.28. The van der Waals surface area contributed by atoms with E-state index in [2.05, 4.69) is 182 Å². The third-order valence-corrected chi connectivity index (χ3v) is 13.7. The van der Waals surface area contributed by atoms with Crippen LogP contribution in [0.2, 0.25) is 0 Å². The molecule has 0 N–H and O–H groups in total. The van der Waals surface area contributed by atoms with Crippen molar-refractivity contribution in [1.29, 1.82) is 0 Å². The summed E-state index contributed by atoms with van der Waals surface area (Å²) in [7, 11) is 0. The lowest BCUT2D eigenvalue weighted by Gasteiger charge is -2.18. The van der Waals surface area contributed by atoms with Crippen LogP contribution in [-0.2, 0) is 0 Å². The molecule has 0 amide bonds. The van der Waals surface area contributed by atoms with Crippen molar-refractivity contribution >= 4 is 106 Å². The molecule has 0 saturated heterocycles. The van der Waals surface area contributed by atoms with Crippen molar-refractivity contribution in [3.8, 4) is 33.4 Å². The molecule has 0 atom stereocenters. The van der Waals surface area contributed by atoms with Crippen LogP contribution in [0.15, 0.2) is 182 Å². The van der Waals surface area contributed by atoms with Crippen LogP contribution in [0.4, 0.5) is 0 Å². The first kappa shape index (κ1) is 30.2. The summed E-state index contributed by atoms with van der Waals surface area (Å²) in [4.78, 5) is 0. The fraction of sp³-hybridized carbons (Fsp3) is 0. The molecular weight excluding hydrogens is 689 g/mol. The molecule has 0 spiro atoms. The Hall–Kier alpha value is -6.32. The number of benzene rings is 10. The van der Waals surface area contributed by atoms with E-state index in [0.29, 0.717) is 0 Å². The molecule has 0 aliphatic rings. The van der Waals surface area contributed by atoms with Crippen molar-refractivity contribution in [2.45, 2.75) is 0 Å². The van der Waals surface area contributed by atoms with Crippen LogP contribution < -0.4 is 0 Å². The van der Waals surface area contributed by atoms with Gasteiger partial charge < -0.3 is 0 Å². The van der Waals surface area contributed by atoms with Crippen LogP contribution in [0.3, 0.4) is 0 Å². The number of rotatable bonds is 3. The molecule has 0 aliphatic carbocycles. The van der Waals surface area contributed by atoms with Crippen LogP contribution in [0.25, 0.3) is 117 Å². The summed E-state index contributed by atoms with van der Waals surface area (Å²) in [6.07, 6.45) is 0. The summed E-state index contributed by atoms with van der Waals surface area (Å²) in [6.45, 7) is 0. The first-order valence-corrected chi connectivity index (χ1v) is 20.1. The molecule has 12 rings (SSSR count). The fourth-order valence-electron chi connectivity index (χ4n) is 8.95. The summed E-state index contributed by atoms with van der Waals surface area (Å²) < 4.78 is 5.39. The van der Waals surface area contributed by atoms with Gasteiger partial charge in [-0.1, -0.05) is 140 Å². The van der Waals surface area contributed by atoms with Gasteiger partial charge in [0.2, 0.25) is 0 Å². The summed E-state index contributed by atoms with van der Waals surface area (Å²) in [5.74, 6) is 0. The van der Waals surface area contributed by atoms with E-state index in [-0.39, 0.29) is 0 Å². The van der Waals surface area contributed by atoms with Crippen molar-refractivity contribution in [3.05, 3.63) is 182 Å². The average Bonchev–Trinajstić information content (AvgIpc) is 3.78.